The Kier molecular flexibility index (Phi) is 6.17. The van der Waals surface area contributed by atoms with Crippen LogP contribution in [0.4, 0.5) is 14.6 Å². The zero-order valence-corrected chi connectivity index (χ0v) is 14.5. The van der Waals surface area contributed by atoms with Crippen LogP contribution < -0.4 is 15.4 Å². The van der Waals surface area contributed by atoms with Gasteiger partial charge in [0.2, 0.25) is 0 Å². The SMILES string of the molecule is COc1ccc(F)c(CCNC(=S)Nc2nccnc2Br)c1F. The van der Waals surface area contributed by atoms with Gasteiger partial charge < -0.3 is 15.4 Å². The molecule has 0 bridgehead atoms. The molecule has 0 atom stereocenters. The first-order valence-electron chi connectivity index (χ1n) is 6.55. The summed E-state index contributed by atoms with van der Waals surface area (Å²) in [5, 5.41) is 5.97. The number of hydrogen-bond acceptors (Lipinski definition) is 4. The average Bonchev–Trinajstić information content (AvgIpc) is 2.53. The molecular formula is C14H13BrF2N4OS. The van der Waals surface area contributed by atoms with E-state index in [0.29, 0.717) is 10.4 Å². The Morgan fingerprint density at radius 3 is 2.74 bits per heavy atom. The fraction of sp³-hybridized carbons (Fsp3) is 0.214. The molecule has 0 unspecified atom stereocenters. The molecule has 0 aliphatic carbocycles. The lowest BCUT2D eigenvalue weighted by Crippen LogP contribution is -2.31. The maximum Gasteiger partial charge on any atom is 0.172 e. The van der Waals surface area contributed by atoms with Crippen molar-refractivity contribution < 1.29 is 13.5 Å². The summed E-state index contributed by atoms with van der Waals surface area (Å²) in [6.07, 6.45) is 3.15. The number of thiocarbonyl (C=S) groups is 1. The van der Waals surface area contributed by atoms with Crippen LogP contribution in [0.1, 0.15) is 5.56 Å². The molecule has 0 aliphatic rings. The van der Waals surface area contributed by atoms with Crippen LogP contribution in [-0.2, 0) is 6.42 Å². The minimum Gasteiger partial charge on any atom is -0.494 e. The maximum absolute atomic E-state index is 14.0. The Balaban J connectivity index is 1.93. The standard InChI is InChI=1S/C14H13BrF2N4OS/c1-22-10-3-2-9(16)8(11(10)17)4-5-20-14(23)21-13-12(15)18-6-7-19-13/h2-3,6-7H,4-5H2,1H3,(H2,19,20,21,23). The first-order chi connectivity index (χ1) is 11.0. The first kappa shape index (κ1) is 17.5. The van der Waals surface area contributed by atoms with Gasteiger partial charge in [0.1, 0.15) is 10.4 Å². The summed E-state index contributed by atoms with van der Waals surface area (Å²) in [4.78, 5) is 8.04. The number of methoxy groups -OCH3 is 1. The molecule has 2 N–H and O–H groups in total. The Morgan fingerprint density at radius 1 is 1.30 bits per heavy atom. The third-order valence-corrected chi connectivity index (χ3v) is 3.74. The van der Waals surface area contributed by atoms with E-state index in [1.54, 1.807) is 0 Å². The second-order valence-corrected chi connectivity index (χ2v) is 5.53. The van der Waals surface area contributed by atoms with Gasteiger partial charge in [-0.15, -0.1) is 0 Å². The van der Waals surface area contributed by atoms with E-state index in [1.807, 2.05) is 0 Å². The van der Waals surface area contributed by atoms with Gasteiger partial charge in [-0.1, -0.05) is 0 Å². The fourth-order valence-corrected chi connectivity index (χ4v) is 2.34. The number of hydrogen-bond donors (Lipinski definition) is 2. The highest BCUT2D eigenvalue weighted by atomic mass is 79.9. The summed E-state index contributed by atoms with van der Waals surface area (Å²) in [6, 6.07) is 2.42. The highest BCUT2D eigenvalue weighted by molar-refractivity contribution is 9.10. The van der Waals surface area contributed by atoms with Crippen molar-refractivity contribution in [2.45, 2.75) is 6.42 Å². The topological polar surface area (TPSA) is 59.1 Å². The second-order valence-electron chi connectivity index (χ2n) is 4.37. The number of rotatable bonds is 5. The molecule has 0 aliphatic heterocycles. The molecule has 1 aromatic carbocycles. The molecule has 0 saturated carbocycles. The van der Waals surface area contributed by atoms with E-state index in [0.717, 1.165) is 0 Å². The lowest BCUT2D eigenvalue weighted by atomic mass is 10.1. The van der Waals surface area contributed by atoms with Gasteiger partial charge in [0.05, 0.1) is 7.11 Å². The Bertz CT molecular complexity index is 717. The van der Waals surface area contributed by atoms with Crippen LogP contribution in [0.2, 0.25) is 0 Å². The van der Waals surface area contributed by atoms with Gasteiger partial charge in [-0.2, -0.15) is 0 Å². The van der Waals surface area contributed by atoms with Crippen LogP contribution in [0.15, 0.2) is 29.1 Å². The van der Waals surface area contributed by atoms with Gasteiger partial charge in [-0.3, -0.25) is 0 Å². The third-order valence-electron chi connectivity index (χ3n) is 2.92. The van der Waals surface area contributed by atoms with E-state index in [4.69, 9.17) is 17.0 Å². The molecule has 1 heterocycles. The lowest BCUT2D eigenvalue weighted by molar-refractivity contribution is 0.380. The van der Waals surface area contributed by atoms with Crippen molar-refractivity contribution >= 4 is 39.1 Å². The molecule has 0 radical (unpaired) electrons. The average molecular weight is 403 g/mol. The highest BCUT2D eigenvalue weighted by Crippen LogP contribution is 2.23. The Labute approximate surface area is 145 Å². The van der Waals surface area contributed by atoms with Gasteiger partial charge in [0.15, 0.2) is 22.5 Å². The van der Waals surface area contributed by atoms with Crippen molar-refractivity contribution in [1.82, 2.24) is 15.3 Å². The normalized spacial score (nSPS) is 10.3. The molecular weight excluding hydrogens is 390 g/mol. The molecule has 2 rings (SSSR count). The number of aromatic nitrogens is 2. The van der Waals surface area contributed by atoms with Crippen LogP contribution in [-0.4, -0.2) is 28.7 Å². The summed E-state index contributed by atoms with van der Waals surface area (Å²) in [6.45, 7) is 0.241. The van der Waals surface area contributed by atoms with Crippen LogP contribution in [0.25, 0.3) is 0 Å². The smallest absolute Gasteiger partial charge is 0.172 e. The summed E-state index contributed by atoms with van der Waals surface area (Å²) in [5.74, 6) is -0.875. The molecule has 1 aromatic heterocycles. The predicted molar refractivity (Wildman–Crippen MR) is 90.6 cm³/mol. The van der Waals surface area contributed by atoms with Crippen LogP contribution >= 0.6 is 28.1 Å². The molecule has 0 spiro atoms. The van der Waals surface area contributed by atoms with Crippen molar-refractivity contribution in [1.29, 1.82) is 0 Å². The van der Waals surface area contributed by atoms with Gasteiger partial charge in [-0.25, -0.2) is 18.7 Å². The molecule has 122 valence electrons. The summed E-state index contributed by atoms with van der Waals surface area (Å²) >= 11 is 8.33. The van der Waals surface area contributed by atoms with Gasteiger partial charge in [0, 0.05) is 24.5 Å². The van der Waals surface area contributed by atoms with Crippen LogP contribution in [0.5, 0.6) is 5.75 Å². The van der Waals surface area contributed by atoms with Crippen molar-refractivity contribution in [3.63, 3.8) is 0 Å². The monoisotopic (exact) mass is 402 g/mol. The summed E-state index contributed by atoms with van der Waals surface area (Å²) < 4.78 is 33.0. The van der Waals surface area contributed by atoms with Crippen molar-refractivity contribution in [3.05, 3.63) is 46.3 Å². The van der Waals surface area contributed by atoms with Crippen molar-refractivity contribution in [3.8, 4) is 5.75 Å². The fourth-order valence-electron chi connectivity index (χ4n) is 1.82. The van der Waals surface area contributed by atoms with E-state index in [-0.39, 0.29) is 29.4 Å². The number of benzene rings is 1. The molecule has 0 fully saturated rings. The molecule has 2 aromatic rings. The van der Waals surface area contributed by atoms with E-state index in [2.05, 4.69) is 36.5 Å². The first-order valence-corrected chi connectivity index (χ1v) is 7.75. The number of nitrogens with one attached hydrogen (secondary N) is 2. The molecule has 23 heavy (non-hydrogen) atoms. The minimum absolute atomic E-state index is 0.00518. The van der Waals surface area contributed by atoms with E-state index >= 15 is 0 Å². The zero-order valence-electron chi connectivity index (χ0n) is 12.1. The molecule has 9 heteroatoms. The Hall–Kier alpha value is -1.87. The quantitative estimate of drug-likeness (QED) is 0.749. The van der Waals surface area contributed by atoms with E-state index in [9.17, 15) is 8.78 Å². The second kappa shape index (κ2) is 8.11. The molecule has 0 amide bonds. The van der Waals surface area contributed by atoms with Gasteiger partial charge in [-0.05, 0) is 46.7 Å². The number of anilines is 1. The number of ether oxygens (including phenoxy) is 1. The lowest BCUT2D eigenvalue weighted by Gasteiger charge is -2.12. The summed E-state index contributed by atoms with van der Waals surface area (Å²) in [5.41, 5.74) is -0.0552. The van der Waals surface area contributed by atoms with E-state index < -0.39 is 11.6 Å². The summed E-state index contributed by atoms with van der Waals surface area (Å²) in [7, 11) is 1.33. The highest BCUT2D eigenvalue weighted by Gasteiger charge is 2.14. The maximum atomic E-state index is 14.0. The number of nitrogens with zero attached hydrogens (tertiary/aromatic N) is 2. The molecule has 5 nitrogen and oxygen atoms in total. The van der Waals surface area contributed by atoms with Crippen molar-refractivity contribution in [2.24, 2.45) is 0 Å². The third kappa shape index (κ3) is 4.55. The zero-order chi connectivity index (χ0) is 16.8. The van der Waals surface area contributed by atoms with Crippen LogP contribution in [0, 0.1) is 11.6 Å². The van der Waals surface area contributed by atoms with Gasteiger partial charge >= 0.3 is 0 Å². The van der Waals surface area contributed by atoms with Crippen molar-refractivity contribution in [2.75, 3.05) is 19.0 Å². The molecule has 0 saturated heterocycles. The minimum atomic E-state index is -0.704. The van der Waals surface area contributed by atoms with Gasteiger partial charge in [0.25, 0.3) is 0 Å². The largest absolute Gasteiger partial charge is 0.494 e. The van der Waals surface area contributed by atoms with Crippen LogP contribution in [0.3, 0.4) is 0 Å². The predicted octanol–water partition coefficient (Wildman–Crippen LogP) is 3.06. The van der Waals surface area contributed by atoms with E-state index in [1.165, 1.54) is 31.6 Å². The number of halogens is 3. The Morgan fingerprint density at radius 2 is 2.04 bits per heavy atom.